The summed E-state index contributed by atoms with van der Waals surface area (Å²) in [7, 11) is 1.82. The molecular weight excluding hydrogens is 450 g/mol. The van der Waals surface area contributed by atoms with Crippen LogP contribution in [-0.2, 0) is 29.5 Å². The standard InChI is InChI=1S/C23H29N7O2.CH2O2/c1-14-19(24)23(13-32-14)6-10-29(11-7-23)22-27-16-12-26-20(18(16)21(31)28(22)2)30-9-5-15-17(30)4-3-8-25-15;2-1-3/h3-4,8,14,19H,5-7,9-13,24H2,1-2H3;1H,(H,2,3)/t14-,19+;/m0./s1. The number of aromatic nitrogens is 3. The number of amidine groups is 1. The van der Waals surface area contributed by atoms with Crippen LogP contribution in [0.1, 0.15) is 36.7 Å². The third-order valence-corrected chi connectivity index (χ3v) is 7.82. The van der Waals surface area contributed by atoms with Crippen LogP contribution in [0.15, 0.2) is 28.1 Å². The van der Waals surface area contributed by atoms with Crippen LogP contribution in [0.5, 0.6) is 0 Å². The number of pyridine rings is 1. The summed E-state index contributed by atoms with van der Waals surface area (Å²) in [6.07, 6.45) is 4.67. The highest BCUT2D eigenvalue weighted by Gasteiger charge is 2.48. The van der Waals surface area contributed by atoms with E-state index in [1.807, 2.05) is 25.4 Å². The van der Waals surface area contributed by atoms with Crippen molar-refractivity contribution in [3.05, 3.63) is 45.6 Å². The molecule has 11 heteroatoms. The lowest BCUT2D eigenvalue weighted by Crippen LogP contribution is -2.51. The highest BCUT2D eigenvalue weighted by molar-refractivity contribution is 6.12. The van der Waals surface area contributed by atoms with Gasteiger partial charge in [-0.2, -0.15) is 0 Å². The van der Waals surface area contributed by atoms with Crippen molar-refractivity contribution in [1.29, 1.82) is 0 Å². The Kier molecular flexibility index (Phi) is 6.06. The molecule has 2 atom stereocenters. The maximum Gasteiger partial charge on any atom is 0.290 e. The summed E-state index contributed by atoms with van der Waals surface area (Å²) in [5.41, 5.74) is 9.96. The highest BCUT2D eigenvalue weighted by atomic mass is 16.5. The topological polar surface area (TPSA) is 139 Å². The zero-order valence-electron chi connectivity index (χ0n) is 20.1. The lowest BCUT2D eigenvalue weighted by atomic mass is 9.73. The van der Waals surface area contributed by atoms with Crippen molar-refractivity contribution in [3.63, 3.8) is 0 Å². The highest BCUT2D eigenvalue weighted by Crippen LogP contribution is 2.41. The fourth-order valence-corrected chi connectivity index (χ4v) is 5.76. The molecule has 0 unspecified atom stereocenters. The number of fused-ring (bicyclic) bond motifs is 2. The quantitative estimate of drug-likeness (QED) is 0.558. The van der Waals surface area contributed by atoms with E-state index >= 15 is 0 Å². The van der Waals surface area contributed by atoms with Crippen molar-refractivity contribution in [2.75, 3.05) is 36.0 Å². The van der Waals surface area contributed by atoms with E-state index in [0.717, 1.165) is 74.4 Å². The Hall–Kier alpha value is -3.31. The van der Waals surface area contributed by atoms with Gasteiger partial charge in [-0.15, -0.1) is 0 Å². The van der Waals surface area contributed by atoms with Gasteiger partial charge >= 0.3 is 0 Å². The number of aliphatic imine (C=N–C) groups is 1. The molecule has 0 aliphatic carbocycles. The number of carbonyl (C=O) groups is 1. The van der Waals surface area contributed by atoms with Gasteiger partial charge in [0.05, 0.1) is 36.3 Å². The van der Waals surface area contributed by atoms with Gasteiger partial charge in [-0.25, -0.2) is 4.98 Å². The molecule has 186 valence electrons. The van der Waals surface area contributed by atoms with E-state index < -0.39 is 0 Å². The second-order valence-electron chi connectivity index (χ2n) is 9.61. The molecule has 4 aliphatic rings. The first kappa shape index (κ1) is 23.4. The molecule has 2 aromatic rings. The van der Waals surface area contributed by atoms with E-state index in [1.54, 1.807) is 4.57 Å². The maximum atomic E-state index is 13.5. The minimum absolute atomic E-state index is 0.0339. The Balaban J connectivity index is 0.000000806. The SMILES string of the molecule is C[C@@H]1OCC2(CCN(c3nc4c(c(=O)n3C)C(N3CCc5ncccc53)=NC4)CC2)[C@@H]1N.O=CO. The van der Waals surface area contributed by atoms with Crippen LogP contribution >= 0.6 is 0 Å². The van der Waals surface area contributed by atoms with Crippen LogP contribution in [0.25, 0.3) is 0 Å². The predicted octanol–water partition coefficient (Wildman–Crippen LogP) is 0.532. The third-order valence-electron chi connectivity index (χ3n) is 7.82. The number of nitrogens with zero attached hydrogens (tertiary/aromatic N) is 6. The number of rotatable bonds is 1. The molecule has 6 rings (SSSR count). The molecule has 0 amide bonds. The van der Waals surface area contributed by atoms with Crippen LogP contribution in [0.3, 0.4) is 0 Å². The molecule has 2 fully saturated rings. The Morgan fingerprint density at radius 1 is 1.26 bits per heavy atom. The molecule has 2 aromatic heterocycles. The first-order chi connectivity index (χ1) is 16.9. The van der Waals surface area contributed by atoms with Crippen molar-refractivity contribution >= 4 is 23.9 Å². The monoisotopic (exact) mass is 481 g/mol. The molecule has 0 aromatic carbocycles. The summed E-state index contributed by atoms with van der Waals surface area (Å²) in [5, 5.41) is 6.89. The molecule has 0 radical (unpaired) electrons. The molecule has 35 heavy (non-hydrogen) atoms. The number of piperidine rings is 1. The number of nitrogens with two attached hydrogens (primary N) is 1. The first-order valence-corrected chi connectivity index (χ1v) is 12.0. The van der Waals surface area contributed by atoms with Crippen molar-refractivity contribution < 1.29 is 14.6 Å². The second-order valence-corrected chi connectivity index (χ2v) is 9.61. The van der Waals surface area contributed by atoms with Crippen LogP contribution in [0, 0.1) is 5.41 Å². The van der Waals surface area contributed by atoms with E-state index in [1.165, 1.54) is 0 Å². The fourth-order valence-electron chi connectivity index (χ4n) is 5.76. The minimum atomic E-state index is -0.250. The van der Waals surface area contributed by atoms with Crippen LogP contribution in [0.2, 0.25) is 0 Å². The van der Waals surface area contributed by atoms with Gasteiger partial charge in [0, 0.05) is 50.8 Å². The molecular formula is C24H31N7O4. The molecule has 0 bridgehead atoms. The third kappa shape index (κ3) is 3.79. The van der Waals surface area contributed by atoms with Gasteiger partial charge in [0.25, 0.3) is 12.0 Å². The summed E-state index contributed by atoms with van der Waals surface area (Å²) < 4.78 is 7.54. The smallest absolute Gasteiger partial charge is 0.290 e. The molecule has 3 N–H and O–H groups in total. The van der Waals surface area contributed by atoms with Gasteiger partial charge in [0.2, 0.25) is 5.95 Å². The normalized spacial score (nSPS) is 24.0. The van der Waals surface area contributed by atoms with Crippen molar-refractivity contribution in [3.8, 4) is 0 Å². The fraction of sp³-hybridized carbons (Fsp3) is 0.542. The summed E-state index contributed by atoms with van der Waals surface area (Å²) in [6.45, 7) is 5.40. The zero-order valence-corrected chi connectivity index (χ0v) is 20.1. The summed E-state index contributed by atoms with van der Waals surface area (Å²) in [4.78, 5) is 40.3. The van der Waals surface area contributed by atoms with Crippen LogP contribution in [-0.4, -0.2) is 70.3 Å². The maximum absolute atomic E-state index is 13.5. The van der Waals surface area contributed by atoms with Crippen LogP contribution < -0.4 is 21.1 Å². The molecule has 4 aliphatic heterocycles. The van der Waals surface area contributed by atoms with E-state index in [4.69, 9.17) is 30.3 Å². The summed E-state index contributed by atoms with van der Waals surface area (Å²) in [5.74, 6) is 1.45. The van der Waals surface area contributed by atoms with E-state index in [9.17, 15) is 4.79 Å². The summed E-state index contributed by atoms with van der Waals surface area (Å²) in [6, 6.07) is 4.04. The lowest BCUT2D eigenvalue weighted by molar-refractivity contribution is -0.122. The average Bonchev–Trinajstić information content (AvgIpc) is 3.55. The van der Waals surface area contributed by atoms with Gasteiger partial charge in [0.15, 0.2) is 0 Å². The van der Waals surface area contributed by atoms with Crippen molar-refractivity contribution in [2.24, 2.45) is 23.2 Å². The first-order valence-electron chi connectivity index (χ1n) is 12.0. The van der Waals surface area contributed by atoms with Gasteiger partial charge in [-0.05, 0) is 31.9 Å². The molecule has 1 spiro atoms. The largest absolute Gasteiger partial charge is 0.483 e. The van der Waals surface area contributed by atoms with Gasteiger partial charge in [-0.1, -0.05) is 0 Å². The molecule has 2 saturated heterocycles. The predicted molar refractivity (Wildman–Crippen MR) is 131 cm³/mol. The van der Waals surface area contributed by atoms with Gasteiger partial charge < -0.3 is 25.4 Å². The van der Waals surface area contributed by atoms with Gasteiger partial charge in [-0.3, -0.25) is 24.1 Å². The molecule has 11 nitrogen and oxygen atoms in total. The molecule has 0 saturated carbocycles. The van der Waals surface area contributed by atoms with Gasteiger partial charge in [0.1, 0.15) is 11.4 Å². The summed E-state index contributed by atoms with van der Waals surface area (Å²) >= 11 is 0. The zero-order chi connectivity index (χ0) is 24.7. The number of anilines is 2. The van der Waals surface area contributed by atoms with Crippen molar-refractivity contribution in [1.82, 2.24) is 14.5 Å². The Morgan fingerprint density at radius 2 is 2.00 bits per heavy atom. The Labute approximate surface area is 203 Å². The lowest BCUT2D eigenvalue weighted by Gasteiger charge is -2.41. The second kappa shape index (κ2) is 9.04. The van der Waals surface area contributed by atoms with E-state index in [-0.39, 0.29) is 29.6 Å². The Bertz CT molecular complexity index is 1220. The Morgan fingerprint density at radius 3 is 2.69 bits per heavy atom. The molecule has 6 heterocycles. The number of ether oxygens (including phenoxy) is 1. The van der Waals surface area contributed by atoms with Crippen LogP contribution in [0.4, 0.5) is 11.6 Å². The van der Waals surface area contributed by atoms with E-state index in [2.05, 4.69) is 21.7 Å². The number of hydrogen-bond acceptors (Lipinski definition) is 9. The van der Waals surface area contributed by atoms with E-state index in [0.29, 0.717) is 12.1 Å². The minimum Gasteiger partial charge on any atom is -0.483 e. The van der Waals surface area contributed by atoms with Crippen molar-refractivity contribution in [2.45, 2.75) is 44.9 Å². The average molecular weight is 482 g/mol. The number of hydrogen-bond donors (Lipinski definition) is 2. The number of carboxylic acid groups (broad SMARTS) is 1.